The van der Waals surface area contributed by atoms with Gasteiger partial charge in [-0.05, 0) is 18.8 Å². The van der Waals surface area contributed by atoms with Crippen molar-refractivity contribution in [1.82, 2.24) is 9.97 Å². The summed E-state index contributed by atoms with van der Waals surface area (Å²) in [6, 6.07) is 0. The Labute approximate surface area is 84.4 Å². The van der Waals surface area contributed by atoms with Crippen LogP contribution in [0, 0.1) is 5.92 Å². The summed E-state index contributed by atoms with van der Waals surface area (Å²) in [5, 5.41) is 0.605. The Morgan fingerprint density at radius 3 is 2.62 bits per heavy atom. The van der Waals surface area contributed by atoms with Crippen LogP contribution in [0.1, 0.15) is 32.0 Å². The Morgan fingerprint density at radius 2 is 2.08 bits per heavy atom. The molecule has 72 valence electrons. The first-order valence-electron chi connectivity index (χ1n) is 4.63. The van der Waals surface area contributed by atoms with Crippen molar-refractivity contribution in [2.24, 2.45) is 5.92 Å². The highest BCUT2D eigenvalue weighted by molar-refractivity contribution is 6.30. The second kappa shape index (κ2) is 4.56. The van der Waals surface area contributed by atoms with Crippen LogP contribution in [0.4, 0.5) is 0 Å². The van der Waals surface area contributed by atoms with Crippen molar-refractivity contribution in [2.75, 3.05) is 0 Å². The molecule has 0 N–H and O–H groups in total. The van der Waals surface area contributed by atoms with Gasteiger partial charge in [0, 0.05) is 11.3 Å². The first kappa shape index (κ1) is 10.5. The van der Waals surface area contributed by atoms with E-state index in [2.05, 4.69) is 30.7 Å². The van der Waals surface area contributed by atoms with Gasteiger partial charge in [-0.15, -0.1) is 0 Å². The molecule has 0 amide bonds. The van der Waals surface area contributed by atoms with Crippen molar-refractivity contribution in [3.8, 4) is 0 Å². The Bertz CT molecular complexity index is 284. The Kier molecular flexibility index (Phi) is 3.67. The average Bonchev–Trinajstić information content (AvgIpc) is 2.03. The molecule has 0 radical (unpaired) electrons. The molecule has 0 aliphatic rings. The topological polar surface area (TPSA) is 25.8 Å². The van der Waals surface area contributed by atoms with Crippen molar-refractivity contribution in [2.45, 2.75) is 33.6 Å². The summed E-state index contributed by atoms with van der Waals surface area (Å²) >= 11 is 5.96. The van der Waals surface area contributed by atoms with E-state index < -0.39 is 0 Å². The van der Waals surface area contributed by atoms with Gasteiger partial charge in [-0.25, -0.2) is 9.97 Å². The molecule has 0 fully saturated rings. The predicted molar refractivity (Wildman–Crippen MR) is 55.0 cm³/mol. The first-order valence-corrected chi connectivity index (χ1v) is 5.01. The molecule has 1 aromatic heterocycles. The molecule has 0 saturated carbocycles. The fourth-order valence-corrected chi connectivity index (χ4v) is 1.62. The highest BCUT2D eigenvalue weighted by Crippen LogP contribution is 2.18. The van der Waals surface area contributed by atoms with Crippen LogP contribution < -0.4 is 0 Å². The third-order valence-corrected chi connectivity index (χ3v) is 2.26. The molecule has 13 heavy (non-hydrogen) atoms. The van der Waals surface area contributed by atoms with Crippen molar-refractivity contribution >= 4 is 11.6 Å². The van der Waals surface area contributed by atoms with Crippen molar-refractivity contribution in [3.05, 3.63) is 22.7 Å². The van der Waals surface area contributed by atoms with Crippen molar-refractivity contribution in [3.63, 3.8) is 0 Å². The van der Waals surface area contributed by atoms with Crippen LogP contribution in [-0.2, 0) is 12.8 Å². The van der Waals surface area contributed by atoms with E-state index in [4.69, 9.17) is 11.6 Å². The third kappa shape index (κ3) is 2.66. The van der Waals surface area contributed by atoms with Gasteiger partial charge in [0.15, 0.2) is 0 Å². The van der Waals surface area contributed by atoms with E-state index in [1.165, 1.54) is 0 Å². The highest BCUT2D eigenvalue weighted by Gasteiger charge is 2.08. The maximum absolute atomic E-state index is 5.96. The summed E-state index contributed by atoms with van der Waals surface area (Å²) in [5.74, 6) is 0.608. The minimum atomic E-state index is 0.605. The minimum Gasteiger partial charge on any atom is -0.241 e. The molecular formula is C10H15ClN2. The Balaban J connectivity index is 2.98. The standard InChI is InChI=1S/C10H15ClN2/c1-4-8-9(5-7(2)3)12-6-13-10(8)11/h6-7H,4-5H2,1-3H3. The third-order valence-electron chi connectivity index (χ3n) is 1.94. The fourth-order valence-electron chi connectivity index (χ4n) is 1.34. The molecule has 1 heterocycles. The lowest BCUT2D eigenvalue weighted by molar-refractivity contribution is 0.628. The molecule has 1 rings (SSSR count). The second-order valence-electron chi connectivity index (χ2n) is 3.54. The first-order chi connectivity index (χ1) is 6.15. The zero-order valence-corrected chi connectivity index (χ0v) is 9.10. The number of hydrogen-bond acceptors (Lipinski definition) is 2. The second-order valence-corrected chi connectivity index (χ2v) is 3.90. The zero-order valence-electron chi connectivity index (χ0n) is 8.34. The van der Waals surface area contributed by atoms with Crippen molar-refractivity contribution < 1.29 is 0 Å². The van der Waals surface area contributed by atoms with Gasteiger partial charge in [-0.1, -0.05) is 32.4 Å². The van der Waals surface area contributed by atoms with E-state index in [9.17, 15) is 0 Å². The largest absolute Gasteiger partial charge is 0.241 e. The monoisotopic (exact) mass is 198 g/mol. The summed E-state index contributed by atoms with van der Waals surface area (Å²) in [7, 11) is 0. The van der Waals surface area contributed by atoms with Gasteiger partial charge in [0.1, 0.15) is 11.5 Å². The summed E-state index contributed by atoms with van der Waals surface area (Å²) in [6.07, 6.45) is 3.42. The minimum absolute atomic E-state index is 0.605. The van der Waals surface area contributed by atoms with Crippen LogP contribution in [0.15, 0.2) is 6.33 Å². The fraction of sp³-hybridized carbons (Fsp3) is 0.600. The molecular weight excluding hydrogens is 184 g/mol. The molecule has 1 aromatic rings. The maximum Gasteiger partial charge on any atom is 0.135 e. The van der Waals surface area contributed by atoms with E-state index in [1.54, 1.807) is 6.33 Å². The van der Waals surface area contributed by atoms with Crippen LogP contribution in [0.2, 0.25) is 5.15 Å². The smallest absolute Gasteiger partial charge is 0.135 e. The lowest BCUT2D eigenvalue weighted by atomic mass is 10.0. The van der Waals surface area contributed by atoms with E-state index in [-0.39, 0.29) is 0 Å². The number of nitrogens with zero attached hydrogens (tertiary/aromatic N) is 2. The van der Waals surface area contributed by atoms with E-state index in [0.717, 1.165) is 24.1 Å². The van der Waals surface area contributed by atoms with Crippen molar-refractivity contribution in [1.29, 1.82) is 0 Å². The van der Waals surface area contributed by atoms with Gasteiger partial charge in [0.05, 0.1) is 0 Å². The molecule has 0 unspecified atom stereocenters. The predicted octanol–water partition coefficient (Wildman–Crippen LogP) is 2.89. The van der Waals surface area contributed by atoms with Crippen LogP contribution in [0.25, 0.3) is 0 Å². The molecule has 2 nitrogen and oxygen atoms in total. The van der Waals surface area contributed by atoms with Gasteiger partial charge in [0.2, 0.25) is 0 Å². The Morgan fingerprint density at radius 1 is 1.38 bits per heavy atom. The molecule has 0 spiro atoms. The van der Waals surface area contributed by atoms with Gasteiger partial charge in [-0.3, -0.25) is 0 Å². The molecule has 0 bridgehead atoms. The van der Waals surface area contributed by atoms with Crippen LogP contribution >= 0.6 is 11.6 Å². The summed E-state index contributed by atoms with van der Waals surface area (Å²) in [4.78, 5) is 8.23. The number of aromatic nitrogens is 2. The summed E-state index contributed by atoms with van der Waals surface area (Å²) in [5.41, 5.74) is 2.19. The van der Waals surface area contributed by atoms with E-state index in [0.29, 0.717) is 11.1 Å². The van der Waals surface area contributed by atoms with Crippen LogP contribution in [-0.4, -0.2) is 9.97 Å². The quantitative estimate of drug-likeness (QED) is 0.698. The van der Waals surface area contributed by atoms with Crippen LogP contribution in [0.3, 0.4) is 0 Å². The van der Waals surface area contributed by atoms with Crippen LogP contribution in [0.5, 0.6) is 0 Å². The number of hydrogen-bond donors (Lipinski definition) is 0. The van der Waals surface area contributed by atoms with Gasteiger partial charge in [0.25, 0.3) is 0 Å². The lowest BCUT2D eigenvalue weighted by Gasteiger charge is -2.09. The zero-order chi connectivity index (χ0) is 9.84. The normalized spacial score (nSPS) is 10.8. The summed E-state index contributed by atoms with van der Waals surface area (Å²) < 4.78 is 0. The SMILES string of the molecule is CCc1c(Cl)ncnc1CC(C)C. The maximum atomic E-state index is 5.96. The molecule has 3 heteroatoms. The molecule has 0 aliphatic heterocycles. The van der Waals surface area contributed by atoms with Gasteiger partial charge < -0.3 is 0 Å². The molecule has 0 aromatic carbocycles. The number of halogens is 1. The number of rotatable bonds is 3. The molecule has 0 atom stereocenters. The average molecular weight is 199 g/mol. The molecule has 0 aliphatic carbocycles. The Hall–Kier alpha value is -0.630. The van der Waals surface area contributed by atoms with E-state index in [1.807, 2.05) is 0 Å². The summed E-state index contributed by atoms with van der Waals surface area (Å²) in [6.45, 7) is 6.43. The highest BCUT2D eigenvalue weighted by atomic mass is 35.5. The lowest BCUT2D eigenvalue weighted by Crippen LogP contribution is -2.03. The van der Waals surface area contributed by atoms with Gasteiger partial charge >= 0.3 is 0 Å². The van der Waals surface area contributed by atoms with Gasteiger partial charge in [-0.2, -0.15) is 0 Å². The molecule has 0 saturated heterocycles. The van der Waals surface area contributed by atoms with E-state index >= 15 is 0 Å².